The van der Waals surface area contributed by atoms with Crippen LogP contribution in [0.25, 0.3) is 11.4 Å². The molecule has 0 amide bonds. The summed E-state index contributed by atoms with van der Waals surface area (Å²) in [6.45, 7) is 0.706. The van der Waals surface area contributed by atoms with Crippen LogP contribution >= 0.6 is 15.9 Å². The molecule has 0 aliphatic heterocycles. The van der Waals surface area contributed by atoms with E-state index in [-0.39, 0.29) is 5.82 Å². The molecule has 2 rings (SSSR count). The lowest BCUT2D eigenvalue weighted by Gasteiger charge is -1.98. The molecule has 19 heavy (non-hydrogen) atoms. The lowest BCUT2D eigenvalue weighted by molar-refractivity contribution is 0.374. The average molecular weight is 328 g/mol. The maximum absolute atomic E-state index is 13.0. The van der Waals surface area contributed by atoms with Crippen molar-refractivity contribution in [3.63, 3.8) is 0 Å². The Bertz CT molecular complexity index is 544. The van der Waals surface area contributed by atoms with Gasteiger partial charge in [-0.1, -0.05) is 11.6 Å². The van der Waals surface area contributed by atoms with Crippen LogP contribution in [0.15, 0.2) is 27.2 Å². The molecule has 1 heterocycles. The largest absolute Gasteiger partial charge is 0.339 e. The van der Waals surface area contributed by atoms with Gasteiger partial charge in [0.25, 0.3) is 0 Å². The Morgan fingerprint density at radius 2 is 2.11 bits per heavy atom. The van der Waals surface area contributed by atoms with E-state index in [1.165, 1.54) is 12.1 Å². The molecule has 2 aromatic rings. The Kier molecular flexibility index (Phi) is 5.04. The molecular formula is C13H15BrFN3O. The molecule has 4 nitrogen and oxygen atoms in total. The van der Waals surface area contributed by atoms with E-state index in [1.54, 1.807) is 6.07 Å². The number of nitrogens with two attached hydrogens (primary N) is 1. The summed E-state index contributed by atoms with van der Waals surface area (Å²) in [5.74, 6) is 0.769. The number of unbranched alkanes of at least 4 members (excludes halogenated alkanes) is 2. The summed E-state index contributed by atoms with van der Waals surface area (Å²) in [5, 5.41) is 3.91. The van der Waals surface area contributed by atoms with Crippen molar-refractivity contribution >= 4 is 15.9 Å². The van der Waals surface area contributed by atoms with Crippen molar-refractivity contribution in [2.24, 2.45) is 5.73 Å². The summed E-state index contributed by atoms with van der Waals surface area (Å²) in [6, 6.07) is 4.38. The second-order valence-electron chi connectivity index (χ2n) is 4.24. The van der Waals surface area contributed by atoms with Gasteiger partial charge in [0.1, 0.15) is 5.82 Å². The first-order valence-corrected chi connectivity index (χ1v) is 6.98. The molecule has 0 spiro atoms. The molecule has 0 aliphatic carbocycles. The van der Waals surface area contributed by atoms with Gasteiger partial charge in [-0.05, 0) is 53.5 Å². The van der Waals surface area contributed by atoms with Gasteiger partial charge in [0, 0.05) is 16.5 Å². The molecular weight excluding hydrogens is 313 g/mol. The standard InChI is InChI=1S/C13H15BrFN3O/c14-11-8-9(15)5-6-10(11)13-17-12(19-18-13)4-2-1-3-7-16/h5-6,8H,1-4,7,16H2. The smallest absolute Gasteiger partial charge is 0.226 e. The van der Waals surface area contributed by atoms with Gasteiger partial charge in [-0.15, -0.1) is 0 Å². The summed E-state index contributed by atoms with van der Waals surface area (Å²) in [6.07, 6.45) is 3.77. The minimum absolute atomic E-state index is 0.305. The lowest BCUT2D eigenvalue weighted by Crippen LogP contribution is -1.98. The van der Waals surface area contributed by atoms with E-state index in [1.807, 2.05) is 0 Å². The molecule has 1 aromatic carbocycles. The molecule has 0 radical (unpaired) electrons. The second-order valence-corrected chi connectivity index (χ2v) is 5.09. The fourth-order valence-corrected chi connectivity index (χ4v) is 2.26. The second kappa shape index (κ2) is 6.77. The van der Waals surface area contributed by atoms with Crippen LogP contribution < -0.4 is 5.73 Å². The third-order valence-electron chi connectivity index (χ3n) is 2.73. The summed E-state index contributed by atoms with van der Waals surface area (Å²) < 4.78 is 18.8. The maximum atomic E-state index is 13.0. The molecule has 6 heteroatoms. The van der Waals surface area contributed by atoms with Gasteiger partial charge >= 0.3 is 0 Å². The normalized spacial score (nSPS) is 10.9. The zero-order valence-electron chi connectivity index (χ0n) is 10.4. The maximum Gasteiger partial charge on any atom is 0.226 e. The summed E-state index contributed by atoms with van der Waals surface area (Å²) in [7, 11) is 0. The van der Waals surface area contributed by atoms with E-state index >= 15 is 0 Å². The zero-order chi connectivity index (χ0) is 13.7. The van der Waals surface area contributed by atoms with Crippen LogP contribution in [0.2, 0.25) is 0 Å². The predicted molar refractivity (Wildman–Crippen MR) is 74.0 cm³/mol. The monoisotopic (exact) mass is 327 g/mol. The highest BCUT2D eigenvalue weighted by molar-refractivity contribution is 9.10. The number of aryl methyl sites for hydroxylation is 1. The molecule has 1 aromatic heterocycles. The number of benzene rings is 1. The van der Waals surface area contributed by atoms with Gasteiger partial charge in [0.2, 0.25) is 11.7 Å². The Balaban J connectivity index is 2.04. The van der Waals surface area contributed by atoms with E-state index < -0.39 is 0 Å². The number of rotatable bonds is 6. The van der Waals surface area contributed by atoms with Crippen LogP contribution in [0.5, 0.6) is 0 Å². The number of halogens is 2. The molecule has 0 unspecified atom stereocenters. The van der Waals surface area contributed by atoms with Crippen molar-refractivity contribution in [1.29, 1.82) is 0 Å². The van der Waals surface area contributed by atoms with E-state index in [4.69, 9.17) is 10.3 Å². The highest BCUT2D eigenvalue weighted by Gasteiger charge is 2.11. The molecule has 0 bridgehead atoms. The van der Waals surface area contributed by atoms with Gasteiger partial charge in [0.15, 0.2) is 0 Å². The minimum Gasteiger partial charge on any atom is -0.339 e. The van der Waals surface area contributed by atoms with Gasteiger partial charge in [0.05, 0.1) is 0 Å². The summed E-state index contributed by atoms with van der Waals surface area (Å²) in [5.41, 5.74) is 6.15. The number of aromatic nitrogens is 2. The van der Waals surface area contributed by atoms with Crippen LogP contribution in [-0.2, 0) is 6.42 Å². The van der Waals surface area contributed by atoms with Crippen LogP contribution in [0.1, 0.15) is 25.2 Å². The van der Waals surface area contributed by atoms with Crippen molar-refractivity contribution in [2.45, 2.75) is 25.7 Å². The van der Waals surface area contributed by atoms with Crippen LogP contribution in [0.4, 0.5) is 4.39 Å². The van der Waals surface area contributed by atoms with Gasteiger partial charge in [-0.3, -0.25) is 0 Å². The molecule has 2 N–H and O–H groups in total. The Hall–Kier alpha value is -1.27. The Labute approximate surface area is 119 Å². The highest BCUT2D eigenvalue weighted by Crippen LogP contribution is 2.26. The van der Waals surface area contributed by atoms with Crippen molar-refractivity contribution in [3.05, 3.63) is 34.4 Å². The molecule has 0 saturated carbocycles. The SMILES string of the molecule is NCCCCCc1nc(-c2ccc(F)cc2Br)no1. The highest BCUT2D eigenvalue weighted by atomic mass is 79.9. The molecule has 0 aliphatic rings. The fraction of sp³-hybridized carbons (Fsp3) is 0.385. The van der Waals surface area contributed by atoms with Crippen molar-refractivity contribution < 1.29 is 8.91 Å². The molecule has 0 fully saturated rings. The zero-order valence-corrected chi connectivity index (χ0v) is 12.0. The summed E-state index contributed by atoms with van der Waals surface area (Å²) in [4.78, 5) is 4.31. The van der Waals surface area contributed by atoms with Gasteiger partial charge in [-0.25, -0.2) is 4.39 Å². The number of nitrogens with zero attached hydrogens (tertiary/aromatic N) is 2. The first kappa shape index (κ1) is 14.1. The van der Waals surface area contributed by atoms with E-state index in [2.05, 4.69) is 26.1 Å². The van der Waals surface area contributed by atoms with Crippen molar-refractivity contribution in [2.75, 3.05) is 6.54 Å². The first-order valence-electron chi connectivity index (χ1n) is 6.19. The quantitative estimate of drug-likeness (QED) is 0.826. The van der Waals surface area contributed by atoms with Gasteiger partial charge in [-0.2, -0.15) is 4.98 Å². The Morgan fingerprint density at radius 1 is 1.26 bits per heavy atom. The minimum atomic E-state index is -0.305. The topological polar surface area (TPSA) is 64.9 Å². The van der Waals surface area contributed by atoms with Crippen molar-refractivity contribution in [3.8, 4) is 11.4 Å². The molecule has 0 saturated heterocycles. The van der Waals surface area contributed by atoms with Crippen molar-refractivity contribution in [1.82, 2.24) is 10.1 Å². The van der Waals surface area contributed by atoms with E-state index in [9.17, 15) is 4.39 Å². The van der Waals surface area contributed by atoms with Crippen LogP contribution in [0.3, 0.4) is 0 Å². The third kappa shape index (κ3) is 3.84. The fourth-order valence-electron chi connectivity index (χ4n) is 1.73. The molecule has 102 valence electrons. The first-order chi connectivity index (χ1) is 9.20. The van der Waals surface area contributed by atoms with E-state index in [0.717, 1.165) is 31.2 Å². The third-order valence-corrected chi connectivity index (χ3v) is 3.39. The Morgan fingerprint density at radius 3 is 2.84 bits per heavy atom. The van der Waals surface area contributed by atoms with Crippen LogP contribution in [-0.4, -0.2) is 16.7 Å². The average Bonchev–Trinajstić information content (AvgIpc) is 2.83. The number of hydrogen-bond acceptors (Lipinski definition) is 4. The molecule has 0 atom stereocenters. The van der Waals surface area contributed by atoms with E-state index in [0.29, 0.717) is 22.7 Å². The van der Waals surface area contributed by atoms with Gasteiger partial charge < -0.3 is 10.3 Å². The van der Waals surface area contributed by atoms with Crippen LogP contribution in [0, 0.1) is 5.82 Å². The summed E-state index contributed by atoms with van der Waals surface area (Å²) >= 11 is 3.29. The number of hydrogen-bond donors (Lipinski definition) is 1. The lowest BCUT2D eigenvalue weighted by atomic mass is 10.2. The predicted octanol–water partition coefficient (Wildman–Crippen LogP) is 3.31.